The Labute approximate surface area is 164 Å². The molecule has 2 fully saturated rings. The van der Waals surface area contributed by atoms with Crippen LogP contribution in [0.4, 0.5) is 5.82 Å². The summed E-state index contributed by atoms with van der Waals surface area (Å²) in [6.45, 7) is 10.5. The summed E-state index contributed by atoms with van der Waals surface area (Å²) < 4.78 is 5.32. The third kappa shape index (κ3) is 3.43. The van der Waals surface area contributed by atoms with Crippen molar-refractivity contribution in [1.82, 2.24) is 14.9 Å². The van der Waals surface area contributed by atoms with Gasteiger partial charge in [0.15, 0.2) is 0 Å². The molecule has 2 aliphatic rings. The molecule has 2 aromatic heterocycles. The molecule has 2 aromatic rings. The van der Waals surface area contributed by atoms with Crippen molar-refractivity contribution in [2.24, 2.45) is 11.3 Å². The van der Waals surface area contributed by atoms with E-state index in [1.54, 1.807) is 17.7 Å². The summed E-state index contributed by atoms with van der Waals surface area (Å²) >= 11 is 1.73. The highest BCUT2D eigenvalue weighted by atomic mass is 32.1. The second-order valence-corrected chi connectivity index (χ2v) is 9.62. The summed E-state index contributed by atoms with van der Waals surface area (Å²) in [4.78, 5) is 28.5. The molecule has 0 bridgehead atoms. The van der Waals surface area contributed by atoms with Gasteiger partial charge in [0.2, 0.25) is 5.91 Å². The van der Waals surface area contributed by atoms with Crippen LogP contribution in [-0.2, 0) is 9.53 Å². The molecule has 0 N–H and O–H groups in total. The number of amides is 1. The van der Waals surface area contributed by atoms with Gasteiger partial charge in [-0.2, -0.15) is 0 Å². The van der Waals surface area contributed by atoms with Gasteiger partial charge < -0.3 is 14.5 Å². The lowest BCUT2D eigenvalue weighted by Crippen LogP contribution is -2.51. The Kier molecular flexibility index (Phi) is 4.84. The smallest absolute Gasteiger partial charge is 0.225 e. The van der Waals surface area contributed by atoms with Crippen LogP contribution in [0.5, 0.6) is 0 Å². The van der Waals surface area contributed by atoms with Crippen molar-refractivity contribution in [2.75, 3.05) is 44.8 Å². The SMILES string of the molecule is Cc1sc2ncnc(N3CCC(C(=O)N(C)CC4(C)COC4)CC3)c2c1C. The normalized spacial score (nSPS) is 19.9. The highest BCUT2D eigenvalue weighted by Crippen LogP contribution is 2.36. The highest BCUT2D eigenvalue weighted by Gasteiger charge is 2.37. The third-order valence-electron chi connectivity index (χ3n) is 5.99. The second-order valence-electron chi connectivity index (χ2n) is 8.42. The van der Waals surface area contributed by atoms with Crippen LogP contribution in [0.15, 0.2) is 6.33 Å². The van der Waals surface area contributed by atoms with Crippen LogP contribution in [0, 0.1) is 25.2 Å². The molecule has 27 heavy (non-hydrogen) atoms. The number of hydrogen-bond donors (Lipinski definition) is 0. The third-order valence-corrected chi connectivity index (χ3v) is 7.10. The molecule has 0 atom stereocenters. The number of carbonyl (C=O) groups excluding carboxylic acids is 1. The summed E-state index contributed by atoms with van der Waals surface area (Å²) in [5, 5.41) is 1.18. The van der Waals surface area contributed by atoms with Crippen LogP contribution in [0.1, 0.15) is 30.2 Å². The zero-order valence-corrected chi connectivity index (χ0v) is 17.4. The van der Waals surface area contributed by atoms with Gasteiger partial charge in [0.1, 0.15) is 17.0 Å². The van der Waals surface area contributed by atoms with E-state index in [0.29, 0.717) is 0 Å². The second kappa shape index (κ2) is 7.02. The number of piperidine rings is 1. The Morgan fingerprint density at radius 1 is 1.33 bits per heavy atom. The van der Waals surface area contributed by atoms with Crippen LogP contribution in [0.25, 0.3) is 10.2 Å². The van der Waals surface area contributed by atoms with Crippen LogP contribution in [0.2, 0.25) is 0 Å². The number of aryl methyl sites for hydroxylation is 2. The molecule has 146 valence electrons. The van der Waals surface area contributed by atoms with E-state index >= 15 is 0 Å². The fraction of sp³-hybridized carbons (Fsp3) is 0.650. The molecule has 6 nitrogen and oxygen atoms in total. The molecule has 0 spiro atoms. The number of nitrogens with zero attached hydrogens (tertiary/aromatic N) is 4. The molecule has 0 aromatic carbocycles. The number of fused-ring (bicyclic) bond motifs is 1. The first-order chi connectivity index (χ1) is 12.9. The Balaban J connectivity index is 1.43. The molecule has 0 saturated carbocycles. The molecular formula is C20H28N4O2S. The maximum absolute atomic E-state index is 12.9. The maximum atomic E-state index is 12.9. The van der Waals surface area contributed by atoms with Crippen molar-refractivity contribution >= 4 is 33.3 Å². The van der Waals surface area contributed by atoms with Crippen LogP contribution in [0.3, 0.4) is 0 Å². The molecular weight excluding hydrogens is 360 g/mol. The standard InChI is InChI=1S/C20H28N4O2S/c1-13-14(2)27-18-16(13)17(21-12-22-18)24-7-5-15(6-8-24)19(25)23(4)9-20(3)10-26-11-20/h12,15H,5-11H2,1-4H3. The lowest BCUT2D eigenvalue weighted by Gasteiger charge is -2.42. The number of anilines is 1. The quantitative estimate of drug-likeness (QED) is 0.806. The Morgan fingerprint density at radius 2 is 2.04 bits per heavy atom. The van der Waals surface area contributed by atoms with Gasteiger partial charge in [-0.05, 0) is 32.3 Å². The number of carbonyl (C=O) groups is 1. The molecule has 7 heteroatoms. The van der Waals surface area contributed by atoms with Crippen molar-refractivity contribution in [1.29, 1.82) is 0 Å². The first-order valence-corrected chi connectivity index (χ1v) is 10.5. The van der Waals surface area contributed by atoms with Crippen LogP contribution in [-0.4, -0.2) is 60.7 Å². The zero-order valence-electron chi connectivity index (χ0n) is 16.6. The van der Waals surface area contributed by atoms with Gasteiger partial charge in [0, 0.05) is 42.9 Å². The average Bonchev–Trinajstić information content (AvgIpc) is 2.94. The molecule has 4 heterocycles. The predicted molar refractivity (Wildman–Crippen MR) is 108 cm³/mol. The van der Waals surface area contributed by atoms with E-state index in [9.17, 15) is 4.79 Å². The number of aromatic nitrogens is 2. The van der Waals surface area contributed by atoms with Crippen molar-refractivity contribution in [3.8, 4) is 0 Å². The van der Waals surface area contributed by atoms with Crippen LogP contribution >= 0.6 is 11.3 Å². The Hall–Kier alpha value is -1.73. The van der Waals surface area contributed by atoms with Gasteiger partial charge in [0.05, 0.1) is 18.6 Å². The van der Waals surface area contributed by atoms with E-state index in [1.807, 2.05) is 11.9 Å². The minimum absolute atomic E-state index is 0.110. The molecule has 1 amide bonds. The molecule has 0 aliphatic carbocycles. The van der Waals surface area contributed by atoms with E-state index in [4.69, 9.17) is 4.74 Å². The van der Waals surface area contributed by atoms with E-state index < -0.39 is 0 Å². The number of thiophene rings is 1. The number of rotatable bonds is 4. The Bertz CT molecular complexity index is 853. The minimum Gasteiger partial charge on any atom is -0.380 e. The van der Waals surface area contributed by atoms with Gasteiger partial charge in [-0.3, -0.25) is 4.79 Å². The monoisotopic (exact) mass is 388 g/mol. The van der Waals surface area contributed by atoms with Crippen molar-refractivity contribution in [2.45, 2.75) is 33.6 Å². The van der Waals surface area contributed by atoms with Crippen molar-refractivity contribution in [3.05, 3.63) is 16.8 Å². The Morgan fingerprint density at radius 3 is 2.67 bits per heavy atom. The molecule has 0 radical (unpaired) electrons. The van der Waals surface area contributed by atoms with Crippen molar-refractivity contribution < 1.29 is 9.53 Å². The molecule has 2 aliphatic heterocycles. The summed E-state index contributed by atoms with van der Waals surface area (Å²) in [6.07, 6.45) is 3.42. The fourth-order valence-electron chi connectivity index (χ4n) is 4.25. The first-order valence-electron chi connectivity index (χ1n) is 9.66. The molecule has 4 rings (SSSR count). The van der Waals surface area contributed by atoms with Gasteiger partial charge in [-0.1, -0.05) is 6.92 Å². The summed E-state index contributed by atoms with van der Waals surface area (Å²) in [5.74, 6) is 1.41. The highest BCUT2D eigenvalue weighted by molar-refractivity contribution is 7.18. The van der Waals surface area contributed by atoms with E-state index in [0.717, 1.165) is 56.3 Å². The van der Waals surface area contributed by atoms with Gasteiger partial charge in [0.25, 0.3) is 0 Å². The van der Waals surface area contributed by atoms with Gasteiger partial charge >= 0.3 is 0 Å². The van der Waals surface area contributed by atoms with E-state index in [1.165, 1.54) is 15.8 Å². The van der Waals surface area contributed by atoms with E-state index in [-0.39, 0.29) is 17.2 Å². The maximum Gasteiger partial charge on any atom is 0.225 e. The summed E-state index contributed by atoms with van der Waals surface area (Å²) in [6, 6.07) is 0. The average molecular weight is 389 g/mol. The number of hydrogen-bond acceptors (Lipinski definition) is 6. The zero-order chi connectivity index (χ0) is 19.2. The summed E-state index contributed by atoms with van der Waals surface area (Å²) in [5.41, 5.74) is 1.41. The largest absolute Gasteiger partial charge is 0.380 e. The molecule has 0 unspecified atom stereocenters. The van der Waals surface area contributed by atoms with Crippen molar-refractivity contribution in [3.63, 3.8) is 0 Å². The minimum atomic E-state index is 0.110. The van der Waals surface area contributed by atoms with E-state index in [2.05, 4.69) is 35.6 Å². The number of ether oxygens (including phenoxy) is 1. The van der Waals surface area contributed by atoms with Gasteiger partial charge in [-0.15, -0.1) is 11.3 Å². The topological polar surface area (TPSA) is 58.6 Å². The molecule has 2 saturated heterocycles. The van der Waals surface area contributed by atoms with Gasteiger partial charge in [-0.25, -0.2) is 9.97 Å². The first kappa shape index (κ1) is 18.6. The summed E-state index contributed by atoms with van der Waals surface area (Å²) in [7, 11) is 1.93. The predicted octanol–water partition coefficient (Wildman–Crippen LogP) is 3.02. The lowest BCUT2D eigenvalue weighted by molar-refractivity contribution is -0.146. The van der Waals surface area contributed by atoms with Crippen LogP contribution < -0.4 is 4.90 Å². The fourth-order valence-corrected chi connectivity index (χ4v) is 5.24. The lowest BCUT2D eigenvalue weighted by atomic mass is 9.87.